The third kappa shape index (κ3) is 4.67. The predicted molar refractivity (Wildman–Crippen MR) is 121 cm³/mol. The maximum atomic E-state index is 12.7. The molecular weight excluding hydrogens is 372 g/mol. The molecule has 0 unspecified atom stereocenters. The van der Waals surface area contributed by atoms with Crippen molar-refractivity contribution in [2.45, 2.75) is 59.0 Å². The number of rotatable bonds is 5. The minimum atomic E-state index is 0.117. The van der Waals surface area contributed by atoms with Crippen LogP contribution in [0.1, 0.15) is 53.8 Å². The van der Waals surface area contributed by atoms with E-state index in [4.69, 9.17) is 5.10 Å². The quantitative estimate of drug-likeness (QED) is 0.706. The molecule has 1 aromatic carbocycles. The highest BCUT2D eigenvalue weighted by atomic mass is 16.2. The molecule has 0 spiro atoms. The Bertz CT molecular complexity index is 898. The van der Waals surface area contributed by atoms with E-state index in [2.05, 4.69) is 43.0 Å². The smallest absolute Gasteiger partial charge is 0.246 e. The molecule has 4 rings (SSSR count). The molecule has 1 aliphatic carbocycles. The number of carbonyl (C=O) groups is 1. The van der Waals surface area contributed by atoms with Gasteiger partial charge in [0.25, 0.3) is 0 Å². The Morgan fingerprint density at radius 3 is 2.37 bits per heavy atom. The number of amides is 1. The Hall–Kier alpha value is -2.40. The lowest BCUT2D eigenvalue weighted by Gasteiger charge is -2.37. The first-order chi connectivity index (χ1) is 14.5. The van der Waals surface area contributed by atoms with Gasteiger partial charge in [-0.1, -0.05) is 42.7 Å². The number of aryl methyl sites for hydroxylation is 2. The van der Waals surface area contributed by atoms with E-state index in [9.17, 15) is 4.79 Å². The van der Waals surface area contributed by atoms with Crippen molar-refractivity contribution in [3.05, 3.63) is 58.4 Å². The van der Waals surface area contributed by atoms with Crippen LogP contribution >= 0.6 is 0 Å². The van der Waals surface area contributed by atoms with E-state index in [0.29, 0.717) is 0 Å². The van der Waals surface area contributed by atoms with Gasteiger partial charge in [0, 0.05) is 49.6 Å². The van der Waals surface area contributed by atoms with E-state index in [1.807, 2.05) is 22.6 Å². The fraction of sp³-hybridized carbons (Fsp3) is 0.520. The van der Waals surface area contributed by atoms with Crippen LogP contribution in [0.4, 0.5) is 0 Å². The summed E-state index contributed by atoms with van der Waals surface area (Å²) in [7, 11) is 0. The highest BCUT2D eigenvalue weighted by Gasteiger charge is 2.27. The summed E-state index contributed by atoms with van der Waals surface area (Å²) in [5, 5.41) is 4.71. The number of benzene rings is 1. The summed E-state index contributed by atoms with van der Waals surface area (Å²) in [5.74, 6) is 0.117. The van der Waals surface area contributed by atoms with Crippen molar-refractivity contribution in [2.75, 3.05) is 26.2 Å². The fourth-order valence-corrected chi connectivity index (χ4v) is 4.81. The number of nitrogens with zero attached hydrogens (tertiary/aromatic N) is 4. The Morgan fingerprint density at radius 2 is 1.70 bits per heavy atom. The summed E-state index contributed by atoms with van der Waals surface area (Å²) in [5.41, 5.74) is 5.62. The third-order valence-corrected chi connectivity index (χ3v) is 6.75. The molecule has 2 aliphatic rings. The lowest BCUT2D eigenvalue weighted by molar-refractivity contribution is -0.127. The van der Waals surface area contributed by atoms with Gasteiger partial charge in [-0.2, -0.15) is 5.10 Å². The van der Waals surface area contributed by atoms with Gasteiger partial charge in [0.15, 0.2) is 0 Å². The second kappa shape index (κ2) is 9.17. The molecule has 0 N–H and O–H groups in total. The van der Waals surface area contributed by atoms with Crippen LogP contribution in [0.15, 0.2) is 30.3 Å². The molecule has 1 saturated heterocycles. The van der Waals surface area contributed by atoms with E-state index >= 15 is 0 Å². The van der Waals surface area contributed by atoms with Gasteiger partial charge in [-0.25, -0.2) is 0 Å². The Balaban J connectivity index is 1.37. The maximum Gasteiger partial charge on any atom is 0.246 e. The first-order valence-electron chi connectivity index (χ1n) is 11.3. The first-order valence-corrected chi connectivity index (χ1v) is 11.3. The molecule has 1 amide bonds. The summed E-state index contributed by atoms with van der Waals surface area (Å²) in [4.78, 5) is 17.3. The zero-order valence-corrected chi connectivity index (χ0v) is 18.6. The summed E-state index contributed by atoms with van der Waals surface area (Å²) >= 11 is 0. The largest absolute Gasteiger partial charge is 0.337 e. The highest BCUT2D eigenvalue weighted by Crippen LogP contribution is 2.24. The summed E-state index contributed by atoms with van der Waals surface area (Å²) < 4.78 is 2.03. The first kappa shape index (κ1) is 20.9. The number of aromatic nitrogens is 2. The average Bonchev–Trinajstić information content (AvgIpc) is 3.37. The second-order valence-electron chi connectivity index (χ2n) is 8.86. The van der Waals surface area contributed by atoms with Gasteiger partial charge in [0.1, 0.15) is 0 Å². The van der Waals surface area contributed by atoms with Crippen LogP contribution in [0.3, 0.4) is 0 Å². The van der Waals surface area contributed by atoms with Crippen LogP contribution in [0.5, 0.6) is 0 Å². The molecule has 0 atom stereocenters. The zero-order chi connectivity index (χ0) is 21.1. The average molecular weight is 407 g/mol. The molecular formula is C25H34N4O. The van der Waals surface area contributed by atoms with E-state index < -0.39 is 0 Å². The van der Waals surface area contributed by atoms with Crippen LogP contribution in [0, 0.1) is 20.8 Å². The number of piperazine rings is 1. The van der Waals surface area contributed by atoms with Crippen molar-refractivity contribution >= 4 is 12.0 Å². The van der Waals surface area contributed by atoms with Gasteiger partial charge in [0.2, 0.25) is 5.91 Å². The summed E-state index contributed by atoms with van der Waals surface area (Å²) in [6.07, 6.45) is 9.08. The monoisotopic (exact) mass is 406 g/mol. The zero-order valence-electron chi connectivity index (χ0n) is 18.6. The topological polar surface area (TPSA) is 41.4 Å². The lowest BCUT2D eigenvalue weighted by Crippen LogP contribution is -2.51. The molecule has 5 heteroatoms. The van der Waals surface area contributed by atoms with Gasteiger partial charge in [-0.05, 0) is 45.3 Å². The normalized spacial score (nSPS) is 18.6. The van der Waals surface area contributed by atoms with Gasteiger partial charge in [0.05, 0.1) is 12.2 Å². The van der Waals surface area contributed by atoms with E-state index in [-0.39, 0.29) is 5.91 Å². The molecule has 2 aromatic rings. The minimum Gasteiger partial charge on any atom is -0.337 e. The Morgan fingerprint density at radius 1 is 1.03 bits per heavy atom. The molecule has 160 valence electrons. The van der Waals surface area contributed by atoms with Gasteiger partial charge >= 0.3 is 0 Å². The number of hydrogen-bond acceptors (Lipinski definition) is 3. The molecule has 30 heavy (non-hydrogen) atoms. The van der Waals surface area contributed by atoms with Crippen LogP contribution < -0.4 is 0 Å². The summed E-state index contributed by atoms with van der Waals surface area (Å²) in [6, 6.07) is 9.31. The van der Waals surface area contributed by atoms with Crippen molar-refractivity contribution in [1.29, 1.82) is 0 Å². The van der Waals surface area contributed by atoms with Crippen molar-refractivity contribution in [1.82, 2.24) is 19.6 Å². The Kier molecular flexibility index (Phi) is 6.38. The van der Waals surface area contributed by atoms with E-state index in [0.717, 1.165) is 55.7 Å². The standard InChI is InChI=1S/C25H34N4O/c1-19-8-10-22(11-9-19)18-29-21(3)24(20(2)26-29)12-13-25(30)28-16-14-27(15-17-28)23-6-4-5-7-23/h8-13,23H,4-7,14-18H2,1-3H3/b13-12+. The Labute approximate surface area is 180 Å². The molecule has 0 radical (unpaired) electrons. The lowest BCUT2D eigenvalue weighted by atomic mass is 10.1. The predicted octanol–water partition coefficient (Wildman–Crippen LogP) is 3.96. The minimum absolute atomic E-state index is 0.117. The molecule has 0 bridgehead atoms. The number of hydrogen-bond donors (Lipinski definition) is 0. The van der Waals surface area contributed by atoms with Gasteiger partial charge in [-0.15, -0.1) is 0 Å². The SMILES string of the molecule is Cc1ccc(Cn2nc(C)c(/C=C/C(=O)N3CCN(C4CCCC4)CC3)c2C)cc1. The third-order valence-electron chi connectivity index (χ3n) is 6.75. The van der Waals surface area contributed by atoms with Crippen molar-refractivity contribution < 1.29 is 4.79 Å². The van der Waals surface area contributed by atoms with Crippen LogP contribution in [-0.2, 0) is 11.3 Å². The molecule has 1 aliphatic heterocycles. The fourth-order valence-electron chi connectivity index (χ4n) is 4.81. The second-order valence-corrected chi connectivity index (χ2v) is 8.86. The van der Waals surface area contributed by atoms with Gasteiger partial charge < -0.3 is 4.90 Å². The molecule has 5 nitrogen and oxygen atoms in total. The molecule has 1 saturated carbocycles. The summed E-state index contributed by atoms with van der Waals surface area (Å²) in [6.45, 7) is 10.6. The highest BCUT2D eigenvalue weighted by molar-refractivity contribution is 5.92. The van der Waals surface area contributed by atoms with E-state index in [1.165, 1.54) is 36.8 Å². The van der Waals surface area contributed by atoms with Crippen molar-refractivity contribution in [3.63, 3.8) is 0 Å². The van der Waals surface area contributed by atoms with Crippen LogP contribution in [0.2, 0.25) is 0 Å². The van der Waals surface area contributed by atoms with Crippen molar-refractivity contribution in [2.24, 2.45) is 0 Å². The van der Waals surface area contributed by atoms with Crippen LogP contribution in [-0.4, -0.2) is 57.7 Å². The molecule has 2 fully saturated rings. The van der Waals surface area contributed by atoms with Gasteiger partial charge in [-0.3, -0.25) is 14.4 Å². The van der Waals surface area contributed by atoms with Crippen LogP contribution in [0.25, 0.3) is 6.08 Å². The maximum absolute atomic E-state index is 12.7. The number of carbonyl (C=O) groups excluding carboxylic acids is 1. The van der Waals surface area contributed by atoms with E-state index in [1.54, 1.807) is 6.08 Å². The van der Waals surface area contributed by atoms with Crippen molar-refractivity contribution in [3.8, 4) is 0 Å². The molecule has 2 heterocycles. The molecule has 1 aromatic heterocycles.